The minimum atomic E-state index is -5.08. The minimum absolute atomic E-state index is 0.137. The molecule has 0 aliphatic carbocycles. The van der Waals surface area contributed by atoms with Gasteiger partial charge in [0.2, 0.25) is 0 Å². The number of amides is 1. The van der Waals surface area contributed by atoms with Gasteiger partial charge >= 0.3 is 12.1 Å². The van der Waals surface area contributed by atoms with Gasteiger partial charge in [0.05, 0.1) is 11.9 Å². The Morgan fingerprint density at radius 3 is 2.39 bits per heavy atom. The molecule has 12 heteroatoms. The van der Waals surface area contributed by atoms with Crippen molar-refractivity contribution in [3.8, 4) is 0 Å². The second kappa shape index (κ2) is 9.77. The lowest BCUT2D eigenvalue weighted by molar-refractivity contribution is -0.192. The summed E-state index contributed by atoms with van der Waals surface area (Å²) in [5.74, 6) is -2.62. The first-order chi connectivity index (χ1) is 14.6. The van der Waals surface area contributed by atoms with Crippen molar-refractivity contribution in [3.05, 3.63) is 33.5 Å². The maximum Gasteiger partial charge on any atom is 0.490 e. The van der Waals surface area contributed by atoms with Crippen LogP contribution >= 0.6 is 11.3 Å². The summed E-state index contributed by atoms with van der Waals surface area (Å²) in [6.45, 7) is 4.72. The van der Waals surface area contributed by atoms with Crippen molar-refractivity contribution in [2.75, 3.05) is 26.2 Å². The number of carbonyl (C=O) groups is 2. The van der Waals surface area contributed by atoms with Gasteiger partial charge < -0.3 is 10.0 Å². The van der Waals surface area contributed by atoms with Crippen LogP contribution in [0.3, 0.4) is 0 Å². The number of likely N-dealkylation sites (tertiary alicyclic amines) is 1. The third-order valence-electron chi connectivity index (χ3n) is 5.08. The molecule has 2 aliphatic heterocycles. The highest BCUT2D eigenvalue weighted by Crippen LogP contribution is 2.25. The van der Waals surface area contributed by atoms with E-state index in [4.69, 9.17) is 9.90 Å². The molecule has 2 aliphatic rings. The maximum atomic E-state index is 12.5. The highest BCUT2D eigenvalue weighted by atomic mass is 32.1. The Morgan fingerprint density at radius 2 is 1.81 bits per heavy atom. The maximum absolute atomic E-state index is 12.5. The standard InChI is InChI=1S/C17H23N5OS.C2HF3O2/c1-20-11-13(10-18-20)12-21-8-4-14-15(5-9-21)24-16(19-14)17(23)22-6-2-3-7-22;3-2(4,5)1(6)7/h10-11H,2-9,12H2,1H3;(H,6,7). The van der Waals surface area contributed by atoms with Gasteiger partial charge in [0.1, 0.15) is 0 Å². The average Bonchev–Trinajstić information content (AvgIpc) is 3.43. The van der Waals surface area contributed by atoms with Gasteiger partial charge in [-0.1, -0.05) is 0 Å². The molecule has 2 aromatic rings. The summed E-state index contributed by atoms with van der Waals surface area (Å²) in [6.07, 6.45) is 3.09. The van der Waals surface area contributed by atoms with Crippen LogP contribution in [0.5, 0.6) is 0 Å². The van der Waals surface area contributed by atoms with Gasteiger partial charge in [0.25, 0.3) is 5.91 Å². The fourth-order valence-electron chi connectivity index (χ4n) is 3.53. The van der Waals surface area contributed by atoms with E-state index in [-0.39, 0.29) is 5.91 Å². The van der Waals surface area contributed by atoms with Gasteiger partial charge in [-0.2, -0.15) is 18.3 Å². The number of carboxylic acid groups (broad SMARTS) is 1. The summed E-state index contributed by atoms with van der Waals surface area (Å²) < 4.78 is 33.6. The van der Waals surface area contributed by atoms with Crippen LogP contribution < -0.4 is 0 Å². The number of nitrogens with zero attached hydrogens (tertiary/aromatic N) is 5. The molecule has 0 radical (unpaired) electrons. The topological polar surface area (TPSA) is 91.6 Å². The zero-order valence-electron chi connectivity index (χ0n) is 17.1. The minimum Gasteiger partial charge on any atom is -0.475 e. The van der Waals surface area contributed by atoms with Crippen molar-refractivity contribution in [2.24, 2.45) is 7.05 Å². The molecule has 1 saturated heterocycles. The Labute approximate surface area is 181 Å². The molecule has 1 fully saturated rings. The zero-order valence-corrected chi connectivity index (χ0v) is 17.9. The fourth-order valence-corrected chi connectivity index (χ4v) is 4.59. The van der Waals surface area contributed by atoms with Crippen LogP contribution in [0.1, 0.15) is 38.8 Å². The number of carboxylic acids is 1. The van der Waals surface area contributed by atoms with Crippen molar-refractivity contribution < 1.29 is 27.9 Å². The monoisotopic (exact) mass is 459 g/mol. The number of aromatic nitrogens is 3. The van der Waals surface area contributed by atoms with E-state index in [0.717, 1.165) is 64.1 Å². The molecule has 1 amide bonds. The molecule has 170 valence electrons. The largest absolute Gasteiger partial charge is 0.490 e. The van der Waals surface area contributed by atoms with Crippen LogP contribution in [0.2, 0.25) is 0 Å². The van der Waals surface area contributed by atoms with Crippen LogP contribution in [0.15, 0.2) is 12.4 Å². The van der Waals surface area contributed by atoms with E-state index in [1.54, 1.807) is 11.3 Å². The predicted octanol–water partition coefficient (Wildman–Crippen LogP) is 2.35. The summed E-state index contributed by atoms with van der Waals surface area (Å²) in [6, 6.07) is 0. The van der Waals surface area contributed by atoms with E-state index in [2.05, 4.69) is 21.2 Å². The Morgan fingerprint density at radius 1 is 1.16 bits per heavy atom. The lowest BCUT2D eigenvalue weighted by Crippen LogP contribution is -2.28. The summed E-state index contributed by atoms with van der Waals surface area (Å²) in [5, 5.41) is 12.1. The number of aliphatic carboxylic acids is 1. The smallest absolute Gasteiger partial charge is 0.475 e. The summed E-state index contributed by atoms with van der Waals surface area (Å²) in [4.78, 5) is 31.8. The summed E-state index contributed by atoms with van der Waals surface area (Å²) in [7, 11) is 1.95. The molecule has 4 rings (SSSR count). The van der Waals surface area contributed by atoms with Crippen LogP contribution in [0.25, 0.3) is 0 Å². The number of hydrogen-bond acceptors (Lipinski definition) is 6. The first kappa shape index (κ1) is 23.2. The SMILES string of the molecule is Cn1cc(CN2CCc3nc(C(=O)N4CCCC4)sc3CC2)cn1.O=C(O)C(F)(F)F. The van der Waals surface area contributed by atoms with Gasteiger partial charge in [0.15, 0.2) is 5.01 Å². The van der Waals surface area contributed by atoms with E-state index >= 15 is 0 Å². The number of carbonyl (C=O) groups excluding carboxylic acids is 1. The highest BCUT2D eigenvalue weighted by molar-refractivity contribution is 7.13. The van der Waals surface area contributed by atoms with Crippen molar-refractivity contribution in [1.29, 1.82) is 0 Å². The average molecular weight is 459 g/mol. The Hall–Kier alpha value is -2.47. The van der Waals surface area contributed by atoms with Gasteiger partial charge in [0, 0.05) is 62.8 Å². The second-order valence-electron chi connectivity index (χ2n) is 7.49. The summed E-state index contributed by atoms with van der Waals surface area (Å²) >= 11 is 1.61. The molecule has 0 unspecified atom stereocenters. The molecule has 0 bridgehead atoms. The van der Waals surface area contributed by atoms with Gasteiger partial charge in [-0.15, -0.1) is 11.3 Å². The van der Waals surface area contributed by atoms with Crippen molar-refractivity contribution in [3.63, 3.8) is 0 Å². The third-order valence-corrected chi connectivity index (χ3v) is 6.23. The van der Waals surface area contributed by atoms with Crippen LogP contribution in [-0.4, -0.2) is 73.9 Å². The zero-order chi connectivity index (χ0) is 22.6. The Kier molecular flexibility index (Phi) is 7.31. The number of halogens is 3. The van der Waals surface area contributed by atoms with Gasteiger partial charge in [-0.3, -0.25) is 14.4 Å². The number of thiazole rings is 1. The van der Waals surface area contributed by atoms with E-state index in [9.17, 15) is 18.0 Å². The normalized spacial score (nSPS) is 17.0. The molecule has 4 heterocycles. The first-order valence-electron chi connectivity index (χ1n) is 9.91. The fraction of sp³-hybridized carbons (Fsp3) is 0.579. The lowest BCUT2D eigenvalue weighted by Gasteiger charge is -2.18. The van der Waals surface area contributed by atoms with Gasteiger partial charge in [-0.25, -0.2) is 9.78 Å². The van der Waals surface area contributed by atoms with Crippen molar-refractivity contribution in [1.82, 2.24) is 24.6 Å². The van der Waals surface area contributed by atoms with Crippen molar-refractivity contribution >= 4 is 23.2 Å². The molecule has 0 aromatic carbocycles. The number of alkyl halides is 3. The molecule has 0 spiro atoms. The van der Waals surface area contributed by atoms with Crippen molar-refractivity contribution in [2.45, 2.75) is 38.4 Å². The van der Waals surface area contributed by atoms with E-state index in [1.807, 2.05) is 22.8 Å². The molecule has 1 N–H and O–H groups in total. The molecular formula is C19H24F3N5O3S. The quantitative estimate of drug-likeness (QED) is 0.758. The van der Waals surface area contributed by atoms with E-state index in [1.165, 1.54) is 10.4 Å². The summed E-state index contributed by atoms with van der Waals surface area (Å²) in [5.41, 5.74) is 2.39. The first-order valence-corrected chi connectivity index (χ1v) is 10.7. The van der Waals surface area contributed by atoms with Crippen LogP contribution in [-0.2, 0) is 31.2 Å². The molecule has 8 nitrogen and oxygen atoms in total. The third kappa shape index (κ3) is 6.26. The molecule has 0 atom stereocenters. The van der Waals surface area contributed by atoms with Crippen LogP contribution in [0.4, 0.5) is 13.2 Å². The van der Waals surface area contributed by atoms with E-state index < -0.39 is 12.1 Å². The van der Waals surface area contributed by atoms with Crippen LogP contribution in [0, 0.1) is 0 Å². The molecule has 0 saturated carbocycles. The Bertz CT molecular complexity index is 896. The number of hydrogen-bond donors (Lipinski definition) is 1. The number of aryl methyl sites for hydroxylation is 1. The predicted molar refractivity (Wildman–Crippen MR) is 107 cm³/mol. The molecule has 2 aromatic heterocycles. The van der Waals surface area contributed by atoms with E-state index in [0.29, 0.717) is 5.01 Å². The highest BCUT2D eigenvalue weighted by Gasteiger charge is 2.38. The lowest BCUT2D eigenvalue weighted by atomic mass is 10.2. The Balaban J connectivity index is 0.000000339. The number of fused-ring (bicyclic) bond motifs is 1. The second-order valence-corrected chi connectivity index (χ2v) is 8.57. The van der Waals surface area contributed by atoms with Gasteiger partial charge in [-0.05, 0) is 19.3 Å². The number of rotatable bonds is 3. The molecular weight excluding hydrogens is 435 g/mol. The molecule has 31 heavy (non-hydrogen) atoms.